The molecule has 2 saturated heterocycles. The van der Waals surface area contributed by atoms with Crippen molar-refractivity contribution in [2.24, 2.45) is 0 Å². The molecule has 0 radical (unpaired) electrons. The lowest BCUT2D eigenvalue weighted by Crippen LogP contribution is -2.75. The van der Waals surface area contributed by atoms with Crippen molar-refractivity contribution < 1.29 is 13.6 Å². The van der Waals surface area contributed by atoms with Gasteiger partial charge >= 0.3 is 8.80 Å². The van der Waals surface area contributed by atoms with Crippen molar-refractivity contribution in [2.45, 2.75) is 31.6 Å². The fourth-order valence-corrected chi connectivity index (χ4v) is 4.32. The van der Waals surface area contributed by atoms with Crippen molar-refractivity contribution >= 4 is 8.80 Å². The topological polar surface area (TPSA) is 38.7 Å². The Kier molecular flexibility index (Phi) is 0.907. The third-order valence-corrected chi connectivity index (χ3v) is 5.34. The van der Waals surface area contributed by atoms with Gasteiger partial charge in [-0.2, -0.15) is 0 Å². The van der Waals surface area contributed by atoms with Gasteiger partial charge in [-0.1, -0.05) is 0 Å². The van der Waals surface area contributed by atoms with Gasteiger partial charge in [0.15, 0.2) is 0 Å². The van der Waals surface area contributed by atoms with E-state index in [9.17, 15) is 4.80 Å². The average Bonchev–Trinajstić information content (AvgIpc) is 1.61. The summed E-state index contributed by atoms with van der Waals surface area (Å²) >= 11 is 0. The predicted octanol–water partition coefficient (Wildman–Crippen LogP) is 0.125. The van der Waals surface area contributed by atoms with E-state index < -0.39 is 8.80 Å². The summed E-state index contributed by atoms with van der Waals surface area (Å²) < 4.78 is 10.1. The Bertz CT molecular complexity index is 137. The molecular weight excluding hydrogens is 136 g/mol. The van der Waals surface area contributed by atoms with E-state index in [2.05, 4.69) is 0 Å². The molecule has 0 aromatic rings. The highest BCUT2D eigenvalue weighted by molar-refractivity contribution is 6.66. The summed E-state index contributed by atoms with van der Waals surface area (Å²) in [6.07, 6.45) is 0.454. The maximum atomic E-state index is 9.30. The smallest absolute Gasteiger partial charge is 0.389 e. The van der Waals surface area contributed by atoms with E-state index >= 15 is 0 Å². The van der Waals surface area contributed by atoms with Crippen molar-refractivity contribution in [3.8, 4) is 0 Å². The van der Waals surface area contributed by atoms with E-state index in [1.54, 1.807) is 0 Å². The van der Waals surface area contributed by atoms with Gasteiger partial charge in [0.2, 0.25) is 0 Å². The van der Waals surface area contributed by atoms with Crippen LogP contribution >= 0.6 is 0 Å². The summed E-state index contributed by atoms with van der Waals surface area (Å²) in [5, 5.41) is 0. The number of rotatable bonds is 0. The Balaban J connectivity index is 2.09. The van der Waals surface area contributed by atoms with Crippen LogP contribution < -0.4 is 0 Å². The Labute approximate surface area is 55.0 Å². The standard InChI is InChI=1S/C5H10O3Si/c1-3-5-4(2)8-9(5,6)7-3/h3-6H,1-2H3/t3-,4+,5-,9?. The van der Waals surface area contributed by atoms with Gasteiger partial charge < -0.3 is 13.6 Å². The number of hydrogen-bond donors (Lipinski definition) is 1. The molecule has 0 saturated carbocycles. The third-order valence-electron chi connectivity index (χ3n) is 2.14. The zero-order valence-electron chi connectivity index (χ0n) is 5.50. The lowest BCUT2D eigenvalue weighted by atomic mass is 10.2. The van der Waals surface area contributed by atoms with Crippen LogP contribution in [0.15, 0.2) is 0 Å². The van der Waals surface area contributed by atoms with Crippen LogP contribution in [0.2, 0.25) is 5.54 Å². The zero-order valence-corrected chi connectivity index (χ0v) is 6.50. The van der Waals surface area contributed by atoms with Crippen LogP contribution in [0.3, 0.4) is 0 Å². The summed E-state index contributed by atoms with van der Waals surface area (Å²) in [6.45, 7) is 3.95. The fraction of sp³-hybridized carbons (Fsp3) is 1.00. The van der Waals surface area contributed by atoms with Crippen molar-refractivity contribution in [2.75, 3.05) is 0 Å². The van der Waals surface area contributed by atoms with Crippen LogP contribution in [-0.2, 0) is 8.85 Å². The maximum Gasteiger partial charge on any atom is 0.507 e. The van der Waals surface area contributed by atoms with Gasteiger partial charge in [0.25, 0.3) is 0 Å². The van der Waals surface area contributed by atoms with Gasteiger partial charge in [-0.15, -0.1) is 0 Å². The molecule has 0 aromatic heterocycles. The largest absolute Gasteiger partial charge is 0.507 e. The molecule has 3 nitrogen and oxygen atoms in total. The Hall–Kier alpha value is 0.0969. The Morgan fingerprint density at radius 3 is 1.78 bits per heavy atom. The van der Waals surface area contributed by atoms with E-state index in [0.717, 1.165) is 0 Å². The van der Waals surface area contributed by atoms with Crippen LogP contribution in [0, 0.1) is 0 Å². The predicted molar refractivity (Wildman–Crippen MR) is 32.8 cm³/mol. The van der Waals surface area contributed by atoms with Gasteiger partial charge in [-0.3, -0.25) is 0 Å². The summed E-state index contributed by atoms with van der Waals surface area (Å²) in [5.41, 5.74) is 0.345. The van der Waals surface area contributed by atoms with Crippen molar-refractivity contribution in [3.05, 3.63) is 0 Å². The monoisotopic (exact) mass is 146 g/mol. The molecule has 4 heteroatoms. The minimum Gasteiger partial charge on any atom is -0.389 e. The quantitative estimate of drug-likeness (QED) is 0.493. The molecule has 0 spiro atoms. The first-order valence-corrected chi connectivity index (χ1v) is 5.05. The molecule has 1 N–H and O–H groups in total. The minimum absolute atomic E-state index is 0.227. The summed E-state index contributed by atoms with van der Waals surface area (Å²) in [5.74, 6) is 0. The molecule has 1 unspecified atom stereocenters. The van der Waals surface area contributed by atoms with Crippen LogP contribution in [0.25, 0.3) is 0 Å². The first kappa shape index (κ1) is 5.85. The van der Waals surface area contributed by atoms with Gasteiger partial charge in [0, 0.05) is 0 Å². The molecule has 2 rings (SSSR count). The van der Waals surface area contributed by atoms with Crippen molar-refractivity contribution in [1.82, 2.24) is 0 Å². The molecular formula is C5H10O3Si. The second-order valence-electron chi connectivity index (χ2n) is 2.80. The first-order chi connectivity index (χ1) is 4.13. The summed E-state index contributed by atoms with van der Waals surface area (Å²) in [7, 11) is -2.50. The molecule has 0 amide bonds. The van der Waals surface area contributed by atoms with Crippen molar-refractivity contribution in [3.63, 3.8) is 0 Å². The lowest BCUT2D eigenvalue weighted by Gasteiger charge is -2.57. The molecule has 2 aliphatic heterocycles. The highest BCUT2D eigenvalue weighted by Crippen LogP contribution is 2.51. The molecule has 2 fully saturated rings. The van der Waals surface area contributed by atoms with E-state index in [0.29, 0.717) is 5.54 Å². The first-order valence-electron chi connectivity index (χ1n) is 3.21. The third kappa shape index (κ3) is 0.518. The molecule has 9 heavy (non-hydrogen) atoms. The normalized spacial score (nSPS) is 63.7. The molecule has 2 heterocycles. The van der Waals surface area contributed by atoms with E-state index in [1.807, 2.05) is 13.8 Å². The van der Waals surface area contributed by atoms with Crippen LogP contribution in [0.1, 0.15) is 13.8 Å². The second kappa shape index (κ2) is 1.40. The second-order valence-corrected chi connectivity index (χ2v) is 5.20. The molecule has 4 atom stereocenters. The zero-order chi connectivity index (χ0) is 6.65. The lowest BCUT2D eigenvalue weighted by molar-refractivity contribution is -0.134. The Morgan fingerprint density at radius 2 is 1.67 bits per heavy atom. The van der Waals surface area contributed by atoms with E-state index in [-0.39, 0.29) is 12.2 Å². The molecule has 52 valence electrons. The molecule has 0 bridgehead atoms. The van der Waals surface area contributed by atoms with Gasteiger partial charge in [0.05, 0.1) is 17.7 Å². The fourth-order valence-electron chi connectivity index (χ4n) is 1.69. The van der Waals surface area contributed by atoms with Gasteiger partial charge in [0.1, 0.15) is 0 Å². The molecule has 0 aliphatic carbocycles. The summed E-state index contributed by atoms with van der Waals surface area (Å²) in [4.78, 5) is 9.30. The molecule has 2 aliphatic rings. The van der Waals surface area contributed by atoms with E-state index in [1.165, 1.54) is 0 Å². The summed E-state index contributed by atoms with van der Waals surface area (Å²) in [6, 6.07) is 0. The SMILES string of the molecule is C[C@@H]1O[Si]2(O)O[C@H](C)[C@H]12. The van der Waals surface area contributed by atoms with Gasteiger partial charge in [-0.25, -0.2) is 0 Å². The minimum atomic E-state index is -2.50. The number of fused-ring (bicyclic) bond motifs is 1. The Morgan fingerprint density at radius 1 is 1.22 bits per heavy atom. The van der Waals surface area contributed by atoms with Crippen LogP contribution in [0.5, 0.6) is 0 Å². The average molecular weight is 146 g/mol. The number of hydrogen-bond acceptors (Lipinski definition) is 3. The van der Waals surface area contributed by atoms with E-state index in [4.69, 9.17) is 8.85 Å². The van der Waals surface area contributed by atoms with Crippen molar-refractivity contribution in [1.29, 1.82) is 0 Å². The highest BCUT2D eigenvalue weighted by Gasteiger charge is 2.71. The highest BCUT2D eigenvalue weighted by atomic mass is 28.4. The molecule has 0 aromatic carbocycles. The van der Waals surface area contributed by atoms with Crippen LogP contribution in [0.4, 0.5) is 0 Å². The van der Waals surface area contributed by atoms with Gasteiger partial charge in [-0.05, 0) is 13.8 Å². The maximum absolute atomic E-state index is 9.30. The van der Waals surface area contributed by atoms with Crippen LogP contribution in [-0.4, -0.2) is 25.8 Å².